The van der Waals surface area contributed by atoms with Crippen molar-refractivity contribution in [2.24, 2.45) is 0 Å². The number of anilines is 1. The number of carbonyl (C=O) groups is 1. The summed E-state index contributed by atoms with van der Waals surface area (Å²) < 4.78 is 0. The van der Waals surface area contributed by atoms with Gasteiger partial charge < -0.3 is 4.90 Å². The number of carbonyl (C=O) groups excluding carboxylic acids is 1. The molecule has 1 unspecified atom stereocenters. The Morgan fingerprint density at radius 3 is 2.56 bits per heavy atom. The molecule has 1 atom stereocenters. The highest BCUT2D eigenvalue weighted by Gasteiger charge is 2.23. The largest absolute Gasteiger partial charge is 0.368 e. The first-order valence-electron chi connectivity index (χ1n) is 6.08. The summed E-state index contributed by atoms with van der Waals surface area (Å²) in [5, 5.41) is 0. The average molecular weight is 217 g/mol. The fourth-order valence-electron chi connectivity index (χ4n) is 2.31. The lowest BCUT2D eigenvalue weighted by atomic mass is 10.0. The van der Waals surface area contributed by atoms with Crippen LogP contribution in [0.25, 0.3) is 0 Å². The first-order valence-corrected chi connectivity index (χ1v) is 6.08. The zero-order valence-corrected chi connectivity index (χ0v) is 10.1. The van der Waals surface area contributed by atoms with Crippen LogP contribution in [0.5, 0.6) is 0 Å². The fraction of sp³-hybridized carbons (Fsp3) is 0.500. The highest BCUT2D eigenvalue weighted by molar-refractivity contribution is 5.81. The Morgan fingerprint density at radius 1 is 1.31 bits per heavy atom. The molecule has 2 heteroatoms. The molecule has 1 aliphatic rings. The van der Waals surface area contributed by atoms with Gasteiger partial charge in [-0.3, -0.25) is 4.79 Å². The van der Waals surface area contributed by atoms with Crippen LogP contribution >= 0.6 is 0 Å². The van der Waals surface area contributed by atoms with Crippen LogP contribution in [-0.4, -0.2) is 18.4 Å². The molecular weight excluding hydrogens is 198 g/mol. The van der Waals surface area contributed by atoms with Crippen molar-refractivity contribution in [3.63, 3.8) is 0 Å². The summed E-state index contributed by atoms with van der Waals surface area (Å²) in [5.41, 5.74) is 2.61. The van der Waals surface area contributed by atoms with Gasteiger partial charge in [0.25, 0.3) is 0 Å². The van der Waals surface area contributed by atoms with E-state index < -0.39 is 0 Å². The molecule has 0 bridgehead atoms. The average Bonchev–Trinajstić information content (AvgIpc) is 2.29. The SMILES string of the molecule is CCc1ccc(N2CCC(=O)CC2C)cc1. The maximum absolute atomic E-state index is 11.3. The molecule has 0 saturated carbocycles. The first kappa shape index (κ1) is 11.2. The molecule has 0 aromatic heterocycles. The van der Waals surface area contributed by atoms with Crippen LogP contribution in [0, 0.1) is 0 Å². The van der Waals surface area contributed by atoms with Crippen molar-refractivity contribution < 1.29 is 4.79 Å². The molecule has 0 amide bonds. The lowest BCUT2D eigenvalue weighted by Crippen LogP contribution is -2.41. The third kappa shape index (κ3) is 2.26. The first-order chi connectivity index (χ1) is 7.70. The molecule has 1 aliphatic heterocycles. The Morgan fingerprint density at radius 2 is 2.00 bits per heavy atom. The van der Waals surface area contributed by atoms with E-state index in [-0.39, 0.29) is 0 Å². The quantitative estimate of drug-likeness (QED) is 0.759. The minimum Gasteiger partial charge on any atom is -0.368 e. The van der Waals surface area contributed by atoms with Crippen LogP contribution in [0.3, 0.4) is 0 Å². The summed E-state index contributed by atoms with van der Waals surface area (Å²) in [7, 11) is 0. The molecule has 86 valence electrons. The molecule has 1 heterocycles. The second-order valence-corrected chi connectivity index (χ2v) is 4.56. The summed E-state index contributed by atoms with van der Waals surface area (Å²) in [4.78, 5) is 13.7. The van der Waals surface area contributed by atoms with Gasteiger partial charge in [0.1, 0.15) is 5.78 Å². The lowest BCUT2D eigenvalue weighted by Gasteiger charge is -2.34. The molecule has 2 nitrogen and oxygen atoms in total. The van der Waals surface area contributed by atoms with Crippen molar-refractivity contribution in [1.82, 2.24) is 0 Å². The van der Waals surface area contributed by atoms with Gasteiger partial charge in [0.15, 0.2) is 0 Å². The summed E-state index contributed by atoms with van der Waals surface area (Å²) in [6, 6.07) is 9.04. The van der Waals surface area contributed by atoms with Gasteiger partial charge in [0.05, 0.1) is 0 Å². The van der Waals surface area contributed by atoms with Crippen molar-refractivity contribution in [3.8, 4) is 0 Å². The lowest BCUT2D eigenvalue weighted by molar-refractivity contribution is -0.120. The van der Waals surface area contributed by atoms with E-state index in [9.17, 15) is 4.79 Å². The fourth-order valence-corrected chi connectivity index (χ4v) is 2.31. The van der Waals surface area contributed by atoms with E-state index in [1.807, 2.05) is 0 Å². The molecule has 16 heavy (non-hydrogen) atoms. The van der Waals surface area contributed by atoms with E-state index in [0.717, 1.165) is 13.0 Å². The van der Waals surface area contributed by atoms with E-state index >= 15 is 0 Å². The number of rotatable bonds is 2. The number of Topliss-reactive ketones (excluding diaryl/α,β-unsaturated/α-hetero) is 1. The van der Waals surface area contributed by atoms with Crippen molar-refractivity contribution >= 4 is 11.5 Å². The topological polar surface area (TPSA) is 20.3 Å². The van der Waals surface area contributed by atoms with Crippen LogP contribution in [0.15, 0.2) is 24.3 Å². The summed E-state index contributed by atoms with van der Waals surface area (Å²) in [6.45, 7) is 5.16. The third-order valence-corrected chi connectivity index (χ3v) is 3.36. The Hall–Kier alpha value is -1.31. The van der Waals surface area contributed by atoms with Gasteiger partial charge in [0, 0.05) is 31.1 Å². The second-order valence-electron chi connectivity index (χ2n) is 4.56. The Balaban J connectivity index is 2.14. The summed E-state index contributed by atoms with van der Waals surface area (Å²) in [6.07, 6.45) is 2.46. The minimum absolute atomic E-state index is 0.341. The molecule has 1 aromatic carbocycles. The van der Waals surface area contributed by atoms with Crippen LogP contribution in [0.4, 0.5) is 5.69 Å². The number of aryl methyl sites for hydroxylation is 1. The van der Waals surface area contributed by atoms with Gasteiger partial charge in [-0.25, -0.2) is 0 Å². The number of nitrogens with zero attached hydrogens (tertiary/aromatic N) is 1. The second kappa shape index (κ2) is 4.69. The van der Waals surface area contributed by atoms with Crippen molar-refractivity contribution in [2.45, 2.75) is 39.2 Å². The molecule has 0 spiro atoms. The predicted octanol–water partition coefficient (Wildman–Crippen LogP) is 2.81. The minimum atomic E-state index is 0.341. The number of ketones is 1. The van der Waals surface area contributed by atoms with E-state index in [4.69, 9.17) is 0 Å². The molecule has 1 aromatic rings. The predicted molar refractivity (Wildman–Crippen MR) is 66.9 cm³/mol. The number of hydrogen-bond acceptors (Lipinski definition) is 2. The van der Waals surface area contributed by atoms with E-state index in [1.54, 1.807) is 0 Å². The maximum atomic E-state index is 11.3. The number of benzene rings is 1. The van der Waals surface area contributed by atoms with Gasteiger partial charge in [-0.1, -0.05) is 19.1 Å². The zero-order valence-electron chi connectivity index (χ0n) is 10.1. The Bertz CT molecular complexity index is 369. The molecule has 1 saturated heterocycles. The number of hydrogen-bond donors (Lipinski definition) is 0. The third-order valence-electron chi connectivity index (χ3n) is 3.36. The number of piperidine rings is 1. The van der Waals surface area contributed by atoms with E-state index in [1.165, 1.54) is 11.3 Å². The Kier molecular flexibility index (Phi) is 3.28. The molecule has 0 N–H and O–H groups in total. The van der Waals surface area contributed by atoms with Gasteiger partial charge >= 0.3 is 0 Å². The van der Waals surface area contributed by atoms with Gasteiger partial charge in [-0.05, 0) is 31.0 Å². The summed E-state index contributed by atoms with van der Waals surface area (Å²) >= 11 is 0. The zero-order chi connectivity index (χ0) is 11.5. The highest BCUT2D eigenvalue weighted by atomic mass is 16.1. The van der Waals surface area contributed by atoms with Crippen LogP contribution < -0.4 is 4.90 Å². The van der Waals surface area contributed by atoms with Crippen LogP contribution in [0.1, 0.15) is 32.3 Å². The van der Waals surface area contributed by atoms with Crippen LogP contribution in [0.2, 0.25) is 0 Å². The normalized spacial score (nSPS) is 21.2. The molecule has 1 fully saturated rings. The van der Waals surface area contributed by atoms with Crippen LogP contribution in [-0.2, 0) is 11.2 Å². The molecule has 0 aliphatic carbocycles. The monoisotopic (exact) mass is 217 g/mol. The van der Waals surface area contributed by atoms with Crippen molar-refractivity contribution in [3.05, 3.63) is 29.8 Å². The van der Waals surface area contributed by atoms with Gasteiger partial charge in [0.2, 0.25) is 0 Å². The van der Waals surface area contributed by atoms with Gasteiger partial charge in [-0.15, -0.1) is 0 Å². The molecular formula is C14H19NO. The highest BCUT2D eigenvalue weighted by Crippen LogP contribution is 2.23. The molecule has 0 radical (unpaired) electrons. The maximum Gasteiger partial charge on any atom is 0.136 e. The molecule has 2 rings (SSSR count). The van der Waals surface area contributed by atoms with E-state index in [0.29, 0.717) is 24.7 Å². The van der Waals surface area contributed by atoms with Crippen molar-refractivity contribution in [1.29, 1.82) is 0 Å². The smallest absolute Gasteiger partial charge is 0.136 e. The summed E-state index contributed by atoms with van der Waals surface area (Å²) in [5.74, 6) is 0.397. The Labute approximate surface area is 97.3 Å². The van der Waals surface area contributed by atoms with Crippen molar-refractivity contribution in [2.75, 3.05) is 11.4 Å². The van der Waals surface area contributed by atoms with Gasteiger partial charge in [-0.2, -0.15) is 0 Å². The van der Waals surface area contributed by atoms with E-state index in [2.05, 4.69) is 43.0 Å². The standard InChI is InChI=1S/C14H19NO/c1-3-12-4-6-13(7-5-12)15-9-8-14(16)10-11(15)2/h4-7,11H,3,8-10H2,1-2H3.